The van der Waals surface area contributed by atoms with Crippen LogP contribution < -0.4 is 10.6 Å². The van der Waals surface area contributed by atoms with E-state index >= 15 is 0 Å². The summed E-state index contributed by atoms with van der Waals surface area (Å²) in [4.78, 5) is 14.8. The van der Waals surface area contributed by atoms with E-state index in [0.717, 1.165) is 11.9 Å². The number of H-pyrrole nitrogens is 1. The minimum absolute atomic E-state index is 0.0896. The van der Waals surface area contributed by atoms with Crippen molar-refractivity contribution in [2.24, 2.45) is 0 Å². The average Bonchev–Trinajstić information content (AvgIpc) is 3.18. The summed E-state index contributed by atoms with van der Waals surface area (Å²) in [6.07, 6.45) is 5.31. The number of hydrogen-bond acceptors (Lipinski definition) is 2. The second kappa shape index (κ2) is 5.45. The van der Waals surface area contributed by atoms with Crippen LogP contribution in [0.4, 0.5) is 0 Å². The van der Waals surface area contributed by atoms with Crippen molar-refractivity contribution in [2.45, 2.75) is 25.3 Å². The molecule has 4 heteroatoms. The second-order valence-corrected chi connectivity index (χ2v) is 5.11. The lowest BCUT2D eigenvalue weighted by Crippen LogP contribution is -2.35. The maximum Gasteiger partial charge on any atom is 0.233 e. The molecule has 3 rings (SSSR count). The van der Waals surface area contributed by atoms with E-state index in [9.17, 15) is 4.79 Å². The fourth-order valence-corrected chi connectivity index (χ4v) is 2.26. The predicted octanol–water partition coefficient (Wildman–Crippen LogP) is 1.58. The van der Waals surface area contributed by atoms with Crippen LogP contribution in [0, 0.1) is 0 Å². The molecule has 100 valence electrons. The van der Waals surface area contributed by atoms with Gasteiger partial charge >= 0.3 is 0 Å². The van der Waals surface area contributed by atoms with Crippen LogP contribution in [-0.2, 0) is 11.2 Å². The zero-order valence-corrected chi connectivity index (χ0v) is 10.9. The Morgan fingerprint density at radius 2 is 2.16 bits per heavy atom. The third-order valence-electron chi connectivity index (χ3n) is 3.52. The topological polar surface area (TPSA) is 56.9 Å². The van der Waals surface area contributed by atoms with E-state index in [0.29, 0.717) is 19.1 Å². The van der Waals surface area contributed by atoms with Gasteiger partial charge in [-0.15, -0.1) is 0 Å². The number of rotatable bonds is 6. The van der Waals surface area contributed by atoms with E-state index in [1.54, 1.807) is 0 Å². The molecule has 1 aromatic carbocycles. The van der Waals surface area contributed by atoms with Gasteiger partial charge < -0.3 is 15.6 Å². The Morgan fingerprint density at radius 1 is 1.32 bits per heavy atom. The summed E-state index contributed by atoms with van der Waals surface area (Å²) in [5.41, 5.74) is 2.41. The van der Waals surface area contributed by atoms with Crippen molar-refractivity contribution in [3.05, 3.63) is 36.0 Å². The number of para-hydroxylation sites is 1. The standard InChI is InChI=1S/C15H19N3O/c19-15(10-17-12-5-6-12)16-8-7-11-9-18-14-4-2-1-3-13(11)14/h1-4,9,12,17-18H,5-8,10H2,(H,16,19). The van der Waals surface area contributed by atoms with Gasteiger partial charge in [0.2, 0.25) is 5.91 Å². The predicted molar refractivity (Wildman–Crippen MR) is 76.0 cm³/mol. The number of aromatic nitrogens is 1. The molecule has 1 heterocycles. The summed E-state index contributed by atoms with van der Waals surface area (Å²) in [6, 6.07) is 8.82. The van der Waals surface area contributed by atoms with Gasteiger partial charge in [0.1, 0.15) is 0 Å². The van der Waals surface area contributed by atoms with Gasteiger partial charge in [-0.2, -0.15) is 0 Å². The van der Waals surface area contributed by atoms with Crippen molar-refractivity contribution >= 4 is 16.8 Å². The maximum atomic E-state index is 11.6. The lowest BCUT2D eigenvalue weighted by atomic mass is 10.1. The zero-order valence-electron chi connectivity index (χ0n) is 10.9. The van der Waals surface area contributed by atoms with Crippen LogP contribution in [0.3, 0.4) is 0 Å². The molecule has 0 atom stereocenters. The molecule has 0 unspecified atom stereocenters. The summed E-state index contributed by atoms with van der Waals surface area (Å²) in [5, 5.41) is 7.41. The van der Waals surface area contributed by atoms with Gasteiger partial charge in [-0.3, -0.25) is 4.79 Å². The van der Waals surface area contributed by atoms with E-state index in [2.05, 4.69) is 27.8 Å². The van der Waals surface area contributed by atoms with Gasteiger partial charge in [0.05, 0.1) is 6.54 Å². The summed E-state index contributed by atoms with van der Waals surface area (Å²) >= 11 is 0. The van der Waals surface area contributed by atoms with Crippen LogP contribution in [-0.4, -0.2) is 30.0 Å². The third kappa shape index (κ3) is 3.15. The van der Waals surface area contributed by atoms with Gasteiger partial charge in [-0.25, -0.2) is 0 Å². The lowest BCUT2D eigenvalue weighted by molar-refractivity contribution is -0.120. The normalized spacial score (nSPS) is 14.7. The molecule has 0 aliphatic heterocycles. The van der Waals surface area contributed by atoms with Crippen molar-refractivity contribution in [1.82, 2.24) is 15.6 Å². The van der Waals surface area contributed by atoms with Crippen molar-refractivity contribution in [2.75, 3.05) is 13.1 Å². The Kier molecular flexibility index (Phi) is 3.51. The van der Waals surface area contributed by atoms with Gasteiger partial charge in [0.15, 0.2) is 0 Å². The first-order valence-electron chi connectivity index (χ1n) is 6.88. The van der Waals surface area contributed by atoms with Gasteiger partial charge in [-0.1, -0.05) is 18.2 Å². The van der Waals surface area contributed by atoms with E-state index in [4.69, 9.17) is 0 Å². The smallest absolute Gasteiger partial charge is 0.233 e. The molecule has 1 fully saturated rings. The molecule has 0 radical (unpaired) electrons. The third-order valence-corrected chi connectivity index (χ3v) is 3.52. The van der Waals surface area contributed by atoms with Crippen LogP contribution in [0.2, 0.25) is 0 Å². The van der Waals surface area contributed by atoms with Crippen LogP contribution in [0.5, 0.6) is 0 Å². The number of carbonyl (C=O) groups excluding carboxylic acids is 1. The van der Waals surface area contributed by atoms with Crippen LogP contribution in [0.25, 0.3) is 10.9 Å². The number of aromatic amines is 1. The minimum atomic E-state index is 0.0896. The van der Waals surface area contributed by atoms with E-state index in [1.807, 2.05) is 18.3 Å². The highest BCUT2D eigenvalue weighted by atomic mass is 16.1. The van der Waals surface area contributed by atoms with Gasteiger partial charge in [0, 0.05) is 29.7 Å². The molecule has 0 bridgehead atoms. The number of hydrogen-bond donors (Lipinski definition) is 3. The molecule has 1 aromatic heterocycles. The minimum Gasteiger partial charge on any atom is -0.361 e. The highest BCUT2D eigenvalue weighted by Gasteiger charge is 2.20. The highest BCUT2D eigenvalue weighted by Crippen LogP contribution is 2.18. The highest BCUT2D eigenvalue weighted by molar-refractivity contribution is 5.83. The Bertz CT molecular complexity index is 572. The zero-order chi connectivity index (χ0) is 13.1. The number of amides is 1. The fraction of sp³-hybridized carbons (Fsp3) is 0.400. The largest absolute Gasteiger partial charge is 0.361 e. The SMILES string of the molecule is O=C(CNC1CC1)NCCc1c[nH]c2ccccc12. The van der Waals surface area contributed by atoms with Gasteiger partial charge in [-0.05, 0) is 30.9 Å². The Balaban J connectivity index is 1.47. The molecule has 1 aliphatic rings. The van der Waals surface area contributed by atoms with Crippen LogP contribution >= 0.6 is 0 Å². The first-order chi connectivity index (χ1) is 9.33. The number of fused-ring (bicyclic) bond motifs is 1. The van der Waals surface area contributed by atoms with Crippen LogP contribution in [0.1, 0.15) is 18.4 Å². The molecular formula is C15H19N3O. The molecule has 19 heavy (non-hydrogen) atoms. The molecule has 1 saturated carbocycles. The molecule has 4 nitrogen and oxygen atoms in total. The molecule has 1 aliphatic carbocycles. The first-order valence-corrected chi connectivity index (χ1v) is 6.88. The van der Waals surface area contributed by atoms with E-state index in [-0.39, 0.29) is 5.91 Å². The first kappa shape index (κ1) is 12.2. The lowest BCUT2D eigenvalue weighted by Gasteiger charge is -2.05. The maximum absolute atomic E-state index is 11.6. The fourth-order valence-electron chi connectivity index (χ4n) is 2.26. The number of carbonyl (C=O) groups is 1. The molecule has 1 amide bonds. The van der Waals surface area contributed by atoms with Crippen molar-refractivity contribution < 1.29 is 4.79 Å². The Morgan fingerprint density at radius 3 is 3.00 bits per heavy atom. The molecule has 0 spiro atoms. The summed E-state index contributed by atoms with van der Waals surface area (Å²) in [6.45, 7) is 1.13. The second-order valence-electron chi connectivity index (χ2n) is 5.11. The van der Waals surface area contributed by atoms with Gasteiger partial charge in [0.25, 0.3) is 0 Å². The Hall–Kier alpha value is -1.81. The summed E-state index contributed by atoms with van der Waals surface area (Å²) < 4.78 is 0. The number of nitrogens with one attached hydrogen (secondary N) is 3. The molecule has 3 N–H and O–H groups in total. The van der Waals surface area contributed by atoms with Crippen molar-refractivity contribution in [3.8, 4) is 0 Å². The summed E-state index contributed by atoms with van der Waals surface area (Å²) in [7, 11) is 0. The van der Waals surface area contributed by atoms with Crippen molar-refractivity contribution in [3.63, 3.8) is 0 Å². The van der Waals surface area contributed by atoms with E-state index < -0.39 is 0 Å². The van der Waals surface area contributed by atoms with E-state index in [1.165, 1.54) is 23.8 Å². The van der Waals surface area contributed by atoms with Crippen molar-refractivity contribution in [1.29, 1.82) is 0 Å². The quantitative estimate of drug-likeness (QED) is 0.736. The average molecular weight is 257 g/mol. The molecular weight excluding hydrogens is 238 g/mol. The van der Waals surface area contributed by atoms with Crippen LogP contribution in [0.15, 0.2) is 30.5 Å². The Labute approximate surface area is 112 Å². The molecule has 2 aromatic rings. The monoisotopic (exact) mass is 257 g/mol. The molecule has 0 saturated heterocycles. The number of benzene rings is 1. The summed E-state index contributed by atoms with van der Waals surface area (Å²) in [5.74, 6) is 0.0896.